The van der Waals surface area contributed by atoms with Crippen LogP contribution in [0.2, 0.25) is 0 Å². The molecule has 28 heavy (non-hydrogen) atoms. The number of primary amides is 1. The molecule has 4 N–H and O–H groups in total. The number of nitrogens with one attached hydrogen (secondary N) is 2. The predicted molar refractivity (Wildman–Crippen MR) is 109 cm³/mol. The van der Waals surface area contributed by atoms with Gasteiger partial charge in [-0.15, -0.1) is 0 Å². The molecule has 0 aliphatic rings. The van der Waals surface area contributed by atoms with E-state index in [4.69, 9.17) is 5.73 Å². The Morgan fingerprint density at radius 2 is 1.46 bits per heavy atom. The van der Waals surface area contributed by atoms with E-state index in [0.717, 1.165) is 16.7 Å². The summed E-state index contributed by atoms with van der Waals surface area (Å²) >= 11 is 0. The number of carbonyl (C=O) groups excluding carboxylic acids is 3. The number of amides is 3. The summed E-state index contributed by atoms with van der Waals surface area (Å²) in [5.74, 6) is -1.47. The van der Waals surface area contributed by atoms with Gasteiger partial charge in [0.15, 0.2) is 0 Å². The summed E-state index contributed by atoms with van der Waals surface area (Å²) in [4.78, 5) is 35.7. The van der Waals surface area contributed by atoms with E-state index in [9.17, 15) is 14.4 Å². The summed E-state index contributed by atoms with van der Waals surface area (Å²) < 4.78 is 0. The van der Waals surface area contributed by atoms with Gasteiger partial charge in [-0.1, -0.05) is 68.4 Å². The van der Waals surface area contributed by atoms with Crippen molar-refractivity contribution in [1.82, 2.24) is 10.6 Å². The molecule has 0 spiro atoms. The molecular formula is C22H27N3O3. The van der Waals surface area contributed by atoms with Crippen molar-refractivity contribution >= 4 is 17.7 Å². The van der Waals surface area contributed by atoms with E-state index in [1.54, 1.807) is 0 Å². The minimum Gasteiger partial charge on any atom is -0.368 e. The SMILES string of the molecule is CC(=O)N[C@@H](C(=O)N[C@@H](Cc1ccc(-c2ccccc2)cc1)C(N)=O)C(C)C. The smallest absolute Gasteiger partial charge is 0.243 e. The number of hydrogen-bond acceptors (Lipinski definition) is 3. The molecule has 2 atom stereocenters. The maximum Gasteiger partial charge on any atom is 0.243 e. The van der Waals surface area contributed by atoms with Gasteiger partial charge in [0.1, 0.15) is 12.1 Å². The van der Waals surface area contributed by atoms with Gasteiger partial charge >= 0.3 is 0 Å². The molecule has 0 aromatic heterocycles. The second kappa shape index (κ2) is 9.69. The summed E-state index contributed by atoms with van der Waals surface area (Å²) in [6.07, 6.45) is 0.279. The van der Waals surface area contributed by atoms with Crippen LogP contribution in [0.1, 0.15) is 26.3 Å². The summed E-state index contributed by atoms with van der Waals surface area (Å²) in [6.45, 7) is 4.99. The van der Waals surface area contributed by atoms with E-state index < -0.39 is 23.9 Å². The quantitative estimate of drug-likeness (QED) is 0.652. The van der Waals surface area contributed by atoms with Crippen molar-refractivity contribution < 1.29 is 14.4 Å². The molecule has 2 rings (SSSR count). The molecule has 0 fully saturated rings. The summed E-state index contributed by atoms with van der Waals surface area (Å²) in [5, 5.41) is 5.28. The monoisotopic (exact) mass is 381 g/mol. The Bertz CT molecular complexity index is 817. The lowest BCUT2D eigenvalue weighted by Gasteiger charge is -2.24. The number of nitrogens with two attached hydrogens (primary N) is 1. The topological polar surface area (TPSA) is 101 Å². The highest BCUT2D eigenvalue weighted by molar-refractivity contribution is 5.91. The van der Waals surface area contributed by atoms with Crippen LogP contribution in [-0.2, 0) is 20.8 Å². The molecule has 6 nitrogen and oxygen atoms in total. The molecule has 0 heterocycles. The lowest BCUT2D eigenvalue weighted by Crippen LogP contribution is -2.55. The zero-order chi connectivity index (χ0) is 20.7. The maximum atomic E-state index is 12.5. The fourth-order valence-electron chi connectivity index (χ4n) is 2.94. The van der Waals surface area contributed by atoms with Crippen molar-refractivity contribution in [2.24, 2.45) is 11.7 Å². The normalized spacial score (nSPS) is 12.9. The zero-order valence-electron chi connectivity index (χ0n) is 16.4. The van der Waals surface area contributed by atoms with Crippen LogP contribution in [0.15, 0.2) is 54.6 Å². The molecule has 0 bridgehead atoms. The lowest BCUT2D eigenvalue weighted by molar-refractivity contribution is -0.131. The molecule has 3 amide bonds. The minimum absolute atomic E-state index is 0.123. The second-order valence-corrected chi connectivity index (χ2v) is 7.15. The first-order chi connectivity index (χ1) is 13.3. The number of hydrogen-bond donors (Lipinski definition) is 3. The van der Waals surface area contributed by atoms with Crippen LogP contribution >= 0.6 is 0 Å². The lowest BCUT2D eigenvalue weighted by atomic mass is 9.99. The highest BCUT2D eigenvalue weighted by Gasteiger charge is 2.27. The van der Waals surface area contributed by atoms with Gasteiger partial charge in [0.25, 0.3) is 0 Å². The molecule has 2 aromatic carbocycles. The third-order valence-corrected chi connectivity index (χ3v) is 4.47. The molecule has 148 valence electrons. The Balaban J connectivity index is 2.09. The van der Waals surface area contributed by atoms with Crippen molar-refractivity contribution in [2.75, 3.05) is 0 Å². The van der Waals surface area contributed by atoms with Crippen molar-refractivity contribution in [3.8, 4) is 11.1 Å². The molecule has 0 radical (unpaired) electrons. The third kappa shape index (κ3) is 5.94. The Morgan fingerprint density at radius 3 is 1.96 bits per heavy atom. The van der Waals surface area contributed by atoms with E-state index in [1.807, 2.05) is 68.4 Å². The fraction of sp³-hybridized carbons (Fsp3) is 0.318. The van der Waals surface area contributed by atoms with Crippen LogP contribution in [0, 0.1) is 5.92 Å². The average molecular weight is 381 g/mol. The highest BCUT2D eigenvalue weighted by atomic mass is 16.2. The molecule has 0 unspecified atom stereocenters. The van der Waals surface area contributed by atoms with Gasteiger partial charge in [0.05, 0.1) is 0 Å². The summed E-state index contributed by atoms with van der Waals surface area (Å²) in [5.41, 5.74) is 8.53. The first-order valence-corrected chi connectivity index (χ1v) is 9.29. The molecule has 0 saturated heterocycles. The molecular weight excluding hydrogens is 354 g/mol. The number of rotatable bonds is 8. The molecule has 0 aliphatic heterocycles. The predicted octanol–water partition coefficient (Wildman–Crippen LogP) is 2.03. The fourth-order valence-corrected chi connectivity index (χ4v) is 2.94. The summed E-state index contributed by atoms with van der Waals surface area (Å²) in [6, 6.07) is 16.1. The zero-order valence-corrected chi connectivity index (χ0v) is 16.4. The first-order valence-electron chi connectivity index (χ1n) is 9.29. The van der Waals surface area contributed by atoms with Crippen molar-refractivity contribution in [1.29, 1.82) is 0 Å². The van der Waals surface area contributed by atoms with Gasteiger partial charge in [-0.05, 0) is 22.6 Å². The van der Waals surface area contributed by atoms with E-state index in [-0.39, 0.29) is 18.2 Å². The van der Waals surface area contributed by atoms with Gasteiger partial charge < -0.3 is 16.4 Å². The van der Waals surface area contributed by atoms with Gasteiger partial charge in [0.2, 0.25) is 17.7 Å². The van der Waals surface area contributed by atoms with Gasteiger partial charge in [0, 0.05) is 13.3 Å². The molecule has 2 aromatic rings. The van der Waals surface area contributed by atoms with Crippen LogP contribution in [0.5, 0.6) is 0 Å². The Morgan fingerprint density at radius 1 is 0.893 bits per heavy atom. The van der Waals surface area contributed by atoms with Crippen molar-refractivity contribution in [3.05, 3.63) is 60.2 Å². The number of benzene rings is 2. The molecule has 0 aliphatic carbocycles. The molecule has 6 heteroatoms. The largest absolute Gasteiger partial charge is 0.368 e. The van der Waals surface area contributed by atoms with Crippen LogP contribution < -0.4 is 16.4 Å². The Labute approximate surface area is 165 Å². The van der Waals surface area contributed by atoms with Crippen LogP contribution in [0.4, 0.5) is 0 Å². The van der Waals surface area contributed by atoms with Gasteiger partial charge in [-0.25, -0.2) is 0 Å². The van der Waals surface area contributed by atoms with Crippen LogP contribution in [0.3, 0.4) is 0 Å². The van der Waals surface area contributed by atoms with Gasteiger partial charge in [-0.2, -0.15) is 0 Å². The second-order valence-electron chi connectivity index (χ2n) is 7.15. The maximum absolute atomic E-state index is 12.5. The van der Waals surface area contributed by atoms with Crippen LogP contribution in [0.25, 0.3) is 11.1 Å². The van der Waals surface area contributed by atoms with E-state index >= 15 is 0 Å². The third-order valence-electron chi connectivity index (χ3n) is 4.47. The minimum atomic E-state index is -0.856. The summed E-state index contributed by atoms with van der Waals surface area (Å²) in [7, 11) is 0. The standard InChI is InChI=1S/C22H27N3O3/c1-14(2)20(24-15(3)26)22(28)25-19(21(23)27)13-16-9-11-18(12-10-16)17-7-5-4-6-8-17/h4-12,14,19-20H,13H2,1-3H3,(H2,23,27)(H,24,26)(H,25,28)/t19-,20+/m0/s1. The number of carbonyl (C=O) groups is 3. The van der Waals surface area contributed by atoms with E-state index in [0.29, 0.717) is 0 Å². The van der Waals surface area contributed by atoms with Gasteiger partial charge in [-0.3, -0.25) is 14.4 Å². The highest BCUT2D eigenvalue weighted by Crippen LogP contribution is 2.19. The first kappa shape index (κ1) is 21.2. The Hall–Kier alpha value is -3.15. The van der Waals surface area contributed by atoms with Crippen molar-refractivity contribution in [2.45, 2.75) is 39.3 Å². The van der Waals surface area contributed by atoms with E-state index in [1.165, 1.54) is 6.92 Å². The van der Waals surface area contributed by atoms with E-state index in [2.05, 4.69) is 10.6 Å². The van der Waals surface area contributed by atoms with Crippen molar-refractivity contribution in [3.63, 3.8) is 0 Å². The van der Waals surface area contributed by atoms with Crippen LogP contribution in [-0.4, -0.2) is 29.8 Å². The average Bonchev–Trinajstić information content (AvgIpc) is 2.66. The molecule has 0 saturated carbocycles. The Kier molecular flexibility index (Phi) is 7.32.